The zero-order chi connectivity index (χ0) is 17.7. The molecule has 5 nitrogen and oxygen atoms in total. The molecular weight excluding hydrogens is 366 g/mol. The topological polar surface area (TPSA) is 70.3 Å². The van der Waals surface area contributed by atoms with Crippen LogP contribution in [0.25, 0.3) is 16.3 Å². The number of thioether (sulfide) groups is 1. The third-order valence-corrected chi connectivity index (χ3v) is 6.44. The largest absolute Gasteiger partial charge is 0.748 e. The number of methoxy groups -OCH3 is 1. The number of benzene rings is 1. The van der Waals surface area contributed by atoms with E-state index in [1.807, 2.05) is 24.5 Å². The lowest BCUT2D eigenvalue weighted by atomic mass is 10.3. The van der Waals surface area contributed by atoms with Crippen LogP contribution in [0.15, 0.2) is 23.1 Å². The molecule has 0 aliphatic heterocycles. The van der Waals surface area contributed by atoms with Crippen LogP contribution < -0.4 is 9.30 Å². The van der Waals surface area contributed by atoms with Crippen molar-refractivity contribution >= 4 is 49.5 Å². The van der Waals surface area contributed by atoms with Crippen LogP contribution >= 0.6 is 23.1 Å². The Morgan fingerprint density at radius 1 is 1.46 bits per heavy atom. The lowest BCUT2D eigenvalue weighted by Crippen LogP contribution is -2.36. The van der Waals surface area contributed by atoms with E-state index < -0.39 is 10.1 Å². The van der Waals surface area contributed by atoms with E-state index in [1.54, 1.807) is 30.2 Å². The zero-order valence-corrected chi connectivity index (χ0v) is 16.4. The van der Waals surface area contributed by atoms with E-state index >= 15 is 0 Å². The summed E-state index contributed by atoms with van der Waals surface area (Å²) >= 11 is 3.35. The maximum Gasteiger partial charge on any atom is 0.263 e. The van der Waals surface area contributed by atoms with Gasteiger partial charge in [0.1, 0.15) is 10.4 Å². The SMILES string of the molecule is CC/C(=C/c1sc2ccc(OC)cc2[n+]1CCCS(=O)(=O)[O-])SC. The molecule has 0 fully saturated rings. The molecule has 0 unspecified atom stereocenters. The number of allylic oxidation sites excluding steroid dienone is 1. The number of nitrogens with zero attached hydrogens (tertiary/aromatic N) is 1. The molecule has 1 heterocycles. The van der Waals surface area contributed by atoms with Gasteiger partial charge in [-0.1, -0.05) is 18.3 Å². The van der Waals surface area contributed by atoms with Crippen LogP contribution in [-0.4, -0.2) is 32.1 Å². The third kappa shape index (κ3) is 4.95. The molecule has 0 saturated carbocycles. The molecule has 8 heteroatoms. The number of hydrogen-bond donors (Lipinski definition) is 0. The summed E-state index contributed by atoms with van der Waals surface area (Å²) in [7, 11) is -2.58. The highest BCUT2D eigenvalue weighted by atomic mass is 32.2. The van der Waals surface area contributed by atoms with Gasteiger partial charge in [-0.3, -0.25) is 0 Å². The first kappa shape index (κ1) is 19.2. The Kier molecular flexibility index (Phi) is 6.68. The Labute approximate surface area is 151 Å². The van der Waals surface area contributed by atoms with Crippen LogP contribution in [0.3, 0.4) is 0 Å². The highest BCUT2D eigenvalue weighted by molar-refractivity contribution is 8.02. The first-order valence-corrected chi connectivity index (χ1v) is 11.2. The number of hydrogen-bond acceptors (Lipinski definition) is 6. The number of thiazole rings is 1. The van der Waals surface area contributed by atoms with Crippen molar-refractivity contribution in [3.63, 3.8) is 0 Å². The van der Waals surface area contributed by atoms with E-state index in [1.165, 1.54) is 4.91 Å². The molecule has 0 N–H and O–H groups in total. The van der Waals surface area contributed by atoms with E-state index in [-0.39, 0.29) is 5.75 Å². The van der Waals surface area contributed by atoms with Crippen molar-refractivity contribution in [2.75, 3.05) is 19.1 Å². The predicted molar refractivity (Wildman–Crippen MR) is 99.5 cm³/mol. The standard InChI is InChI=1S/C16H21NO4S3/c1-4-13(22-3)11-16-17(8-5-9-24(18,19)20)14-10-12(21-2)6-7-15(14)23-16/h6-7,10-11H,4-5,8-9H2,1-3H3/b13-11-. The van der Waals surface area contributed by atoms with Crippen LogP contribution in [0.2, 0.25) is 0 Å². The van der Waals surface area contributed by atoms with Crippen molar-refractivity contribution in [3.8, 4) is 5.75 Å². The average Bonchev–Trinajstić information content (AvgIpc) is 2.88. The summed E-state index contributed by atoms with van der Waals surface area (Å²) in [6, 6.07) is 5.86. The molecule has 2 rings (SSSR count). The molecule has 132 valence electrons. The van der Waals surface area contributed by atoms with Gasteiger partial charge in [-0.15, -0.1) is 11.8 Å². The number of ether oxygens (including phenoxy) is 1. The molecule has 1 aromatic carbocycles. The average molecular weight is 388 g/mol. The van der Waals surface area contributed by atoms with E-state index in [4.69, 9.17) is 4.74 Å². The maximum absolute atomic E-state index is 10.9. The van der Waals surface area contributed by atoms with Gasteiger partial charge < -0.3 is 9.29 Å². The van der Waals surface area contributed by atoms with Gasteiger partial charge in [-0.25, -0.2) is 8.42 Å². The number of aryl methyl sites for hydroxylation is 1. The van der Waals surface area contributed by atoms with Gasteiger partial charge in [-0.2, -0.15) is 4.57 Å². The van der Waals surface area contributed by atoms with E-state index in [2.05, 4.69) is 17.6 Å². The molecule has 0 spiro atoms. The van der Waals surface area contributed by atoms with Gasteiger partial charge in [0.15, 0.2) is 6.54 Å². The summed E-state index contributed by atoms with van der Waals surface area (Å²) in [6.45, 7) is 2.58. The second-order valence-electron chi connectivity index (χ2n) is 5.21. The molecule has 0 atom stereocenters. The van der Waals surface area contributed by atoms with Gasteiger partial charge in [-0.05, 0) is 29.7 Å². The second kappa shape index (κ2) is 8.33. The highest BCUT2D eigenvalue weighted by Crippen LogP contribution is 2.28. The van der Waals surface area contributed by atoms with Crippen LogP contribution in [0.1, 0.15) is 24.8 Å². The molecule has 0 aliphatic rings. The Bertz CT molecular complexity index is 834. The molecule has 0 bridgehead atoms. The molecule has 0 aliphatic carbocycles. The van der Waals surface area contributed by atoms with Crippen LogP contribution in [0, 0.1) is 0 Å². The third-order valence-electron chi connectivity index (χ3n) is 3.61. The van der Waals surface area contributed by atoms with E-state index in [9.17, 15) is 13.0 Å². The fourth-order valence-electron chi connectivity index (χ4n) is 2.39. The molecule has 0 amide bonds. The lowest BCUT2D eigenvalue weighted by Gasteiger charge is -2.05. The second-order valence-corrected chi connectivity index (χ2v) is 8.73. The Morgan fingerprint density at radius 3 is 2.79 bits per heavy atom. The van der Waals surface area contributed by atoms with Gasteiger partial charge in [0, 0.05) is 18.2 Å². The van der Waals surface area contributed by atoms with Crippen molar-refractivity contribution in [2.45, 2.75) is 26.3 Å². The number of aromatic nitrogens is 1. The fraction of sp³-hybridized carbons (Fsp3) is 0.438. The van der Waals surface area contributed by atoms with E-state index in [0.717, 1.165) is 27.4 Å². The maximum atomic E-state index is 10.9. The molecule has 0 saturated heterocycles. The molecule has 24 heavy (non-hydrogen) atoms. The minimum atomic E-state index is -4.19. The Morgan fingerprint density at radius 2 is 2.21 bits per heavy atom. The molecule has 2 aromatic rings. The number of fused-ring (bicyclic) bond motifs is 1. The van der Waals surface area contributed by atoms with Gasteiger partial charge in [0.2, 0.25) is 5.52 Å². The molecule has 0 radical (unpaired) electrons. The van der Waals surface area contributed by atoms with Crippen LogP contribution in [0.4, 0.5) is 0 Å². The monoisotopic (exact) mass is 387 g/mol. The fourth-order valence-corrected chi connectivity index (χ4v) is 4.60. The highest BCUT2D eigenvalue weighted by Gasteiger charge is 2.20. The molecule has 1 aromatic heterocycles. The van der Waals surface area contributed by atoms with Crippen molar-refractivity contribution in [2.24, 2.45) is 0 Å². The minimum absolute atomic E-state index is 0.293. The van der Waals surface area contributed by atoms with Crippen molar-refractivity contribution < 1.29 is 22.3 Å². The van der Waals surface area contributed by atoms with Gasteiger partial charge in [0.25, 0.3) is 5.01 Å². The molecular formula is C16H21NO4S3. The van der Waals surface area contributed by atoms with Gasteiger partial charge in [0.05, 0.1) is 23.3 Å². The Hall–Kier alpha value is -1.09. The summed E-state index contributed by atoms with van der Waals surface area (Å²) in [6.07, 6.45) is 5.41. The van der Waals surface area contributed by atoms with Crippen LogP contribution in [0.5, 0.6) is 5.75 Å². The van der Waals surface area contributed by atoms with Crippen LogP contribution in [-0.2, 0) is 16.7 Å². The summed E-state index contributed by atoms with van der Waals surface area (Å²) in [4.78, 5) is 1.25. The number of rotatable bonds is 8. The zero-order valence-electron chi connectivity index (χ0n) is 13.9. The van der Waals surface area contributed by atoms with Gasteiger partial charge >= 0.3 is 0 Å². The smallest absolute Gasteiger partial charge is 0.263 e. The van der Waals surface area contributed by atoms with E-state index in [0.29, 0.717) is 13.0 Å². The van der Waals surface area contributed by atoms with Crippen molar-refractivity contribution in [3.05, 3.63) is 28.1 Å². The summed E-state index contributed by atoms with van der Waals surface area (Å²) < 4.78 is 41.1. The first-order chi connectivity index (χ1) is 11.4. The lowest BCUT2D eigenvalue weighted by molar-refractivity contribution is -0.668. The normalized spacial score (nSPS) is 12.8. The van der Waals surface area contributed by atoms with Crippen molar-refractivity contribution in [1.82, 2.24) is 0 Å². The summed E-state index contributed by atoms with van der Waals surface area (Å²) in [5.41, 5.74) is 0.991. The predicted octanol–water partition coefficient (Wildman–Crippen LogP) is 3.25. The Balaban J connectivity index is 2.46. The quantitative estimate of drug-likeness (QED) is 0.514. The summed E-state index contributed by atoms with van der Waals surface area (Å²) in [5.74, 6) is 0.398. The van der Waals surface area contributed by atoms with Crippen molar-refractivity contribution in [1.29, 1.82) is 0 Å². The first-order valence-electron chi connectivity index (χ1n) is 7.56. The minimum Gasteiger partial charge on any atom is -0.748 e. The summed E-state index contributed by atoms with van der Waals surface area (Å²) in [5, 5.41) is 1.05.